The van der Waals surface area contributed by atoms with Crippen LogP contribution in [0, 0.1) is 0 Å². The van der Waals surface area contributed by atoms with Gasteiger partial charge in [-0.25, -0.2) is 22.7 Å². The Morgan fingerprint density at radius 2 is 1.61 bits per heavy atom. The SMILES string of the molecule is CCCc1cc(C(=O)N[C@H](Cc2ccccc2)[C@@H](O)C(=O)O)nn1Cc1ccc(-c2ccccc2S(=O)(=O)NC(=O)N2CCOCC2)cc1. The van der Waals surface area contributed by atoms with E-state index in [4.69, 9.17) is 4.74 Å². The highest BCUT2D eigenvalue weighted by atomic mass is 32.2. The number of hydrogen-bond acceptors (Lipinski definition) is 8. The van der Waals surface area contributed by atoms with E-state index in [0.717, 1.165) is 23.2 Å². The summed E-state index contributed by atoms with van der Waals surface area (Å²) in [7, 11) is -4.18. The second-order valence-electron chi connectivity index (χ2n) is 11.7. The molecule has 3 aromatic carbocycles. The van der Waals surface area contributed by atoms with Gasteiger partial charge in [-0.05, 0) is 41.7 Å². The first-order valence-corrected chi connectivity index (χ1v) is 17.4. The van der Waals surface area contributed by atoms with Crippen molar-refractivity contribution in [2.24, 2.45) is 0 Å². The Balaban J connectivity index is 1.32. The summed E-state index contributed by atoms with van der Waals surface area (Å²) < 4.78 is 35.7. The predicted octanol–water partition coefficient (Wildman–Crippen LogP) is 3.07. The second-order valence-corrected chi connectivity index (χ2v) is 13.3. The molecule has 0 aliphatic carbocycles. The average molecular weight is 690 g/mol. The van der Waals surface area contributed by atoms with Gasteiger partial charge in [-0.3, -0.25) is 9.48 Å². The molecule has 3 amide bonds. The van der Waals surface area contributed by atoms with Gasteiger partial charge in [-0.1, -0.05) is 86.1 Å². The first-order chi connectivity index (χ1) is 23.6. The number of nitrogens with zero attached hydrogens (tertiary/aromatic N) is 3. The molecule has 14 heteroatoms. The van der Waals surface area contributed by atoms with Crippen LogP contribution in [0.5, 0.6) is 0 Å². The summed E-state index contributed by atoms with van der Waals surface area (Å²) in [5, 5.41) is 27.0. The average Bonchev–Trinajstić information content (AvgIpc) is 3.50. The minimum Gasteiger partial charge on any atom is -0.479 e. The third-order valence-corrected chi connectivity index (χ3v) is 9.52. The highest BCUT2D eigenvalue weighted by molar-refractivity contribution is 7.90. The summed E-state index contributed by atoms with van der Waals surface area (Å²) in [4.78, 5) is 38.9. The molecule has 0 saturated carbocycles. The number of rotatable bonds is 13. The number of amides is 3. The number of carbonyl (C=O) groups excluding carboxylic acids is 2. The van der Waals surface area contributed by atoms with Gasteiger partial charge in [0.2, 0.25) is 0 Å². The fourth-order valence-electron chi connectivity index (χ4n) is 5.59. The van der Waals surface area contributed by atoms with Crippen LogP contribution in [-0.2, 0) is 38.9 Å². The molecule has 5 rings (SSSR count). The van der Waals surface area contributed by atoms with Gasteiger partial charge in [-0.15, -0.1) is 0 Å². The lowest BCUT2D eigenvalue weighted by molar-refractivity contribution is -0.148. The second kappa shape index (κ2) is 15.9. The first kappa shape index (κ1) is 35.3. The number of carboxylic acid groups (broad SMARTS) is 1. The predicted molar refractivity (Wildman–Crippen MR) is 180 cm³/mol. The molecule has 0 radical (unpaired) electrons. The number of carboxylic acids is 1. The van der Waals surface area contributed by atoms with Crippen LogP contribution < -0.4 is 10.0 Å². The van der Waals surface area contributed by atoms with Crippen LogP contribution in [0.4, 0.5) is 4.79 Å². The molecule has 2 heterocycles. The number of morpholine rings is 1. The van der Waals surface area contributed by atoms with Crippen molar-refractivity contribution in [3.63, 3.8) is 0 Å². The smallest absolute Gasteiger partial charge is 0.334 e. The molecule has 1 aliphatic heterocycles. The third-order valence-electron chi connectivity index (χ3n) is 8.14. The van der Waals surface area contributed by atoms with Crippen LogP contribution >= 0.6 is 0 Å². The van der Waals surface area contributed by atoms with E-state index in [1.54, 1.807) is 65.3 Å². The Morgan fingerprint density at radius 1 is 0.939 bits per heavy atom. The van der Waals surface area contributed by atoms with Gasteiger partial charge >= 0.3 is 12.0 Å². The molecule has 0 bridgehead atoms. The van der Waals surface area contributed by atoms with Crippen molar-refractivity contribution in [1.29, 1.82) is 0 Å². The summed E-state index contributed by atoms with van der Waals surface area (Å²) >= 11 is 0. The molecule has 0 unspecified atom stereocenters. The van der Waals surface area contributed by atoms with E-state index in [2.05, 4.69) is 15.1 Å². The standard InChI is InChI=1S/C35H39N5O8S/c1-2-8-27-22-30(33(42)36-29(32(41)34(43)44)21-24-9-4-3-5-10-24)37-40(27)23-25-13-15-26(16-14-25)28-11-6-7-12-31(28)49(46,47)38-35(45)39-17-19-48-20-18-39/h3-7,9-16,22,29,32,41H,2,8,17-21,23H2,1H3,(H,36,42)(H,38,45)(H,43,44)/t29-,32-/m1/s1. The third kappa shape index (κ3) is 8.90. The molecule has 1 aromatic heterocycles. The Hall–Kier alpha value is -5.05. The van der Waals surface area contributed by atoms with Crippen molar-refractivity contribution in [2.45, 2.75) is 49.8 Å². The van der Waals surface area contributed by atoms with Crippen molar-refractivity contribution >= 4 is 27.9 Å². The van der Waals surface area contributed by atoms with E-state index in [9.17, 15) is 33.0 Å². The Labute approximate surface area is 284 Å². The highest BCUT2D eigenvalue weighted by Crippen LogP contribution is 2.28. The molecule has 1 saturated heterocycles. The number of aliphatic carboxylic acids is 1. The van der Waals surface area contributed by atoms with Crippen LogP contribution in [-0.4, -0.2) is 89.7 Å². The Kier molecular flexibility index (Phi) is 11.4. The van der Waals surface area contributed by atoms with E-state index in [-0.39, 0.29) is 17.0 Å². The molecule has 1 fully saturated rings. The fraction of sp³-hybridized carbons (Fsp3) is 0.314. The van der Waals surface area contributed by atoms with Crippen molar-refractivity contribution in [1.82, 2.24) is 24.7 Å². The topological polar surface area (TPSA) is 180 Å². The summed E-state index contributed by atoms with van der Waals surface area (Å²) in [5.74, 6) is -2.05. The Morgan fingerprint density at radius 3 is 2.29 bits per heavy atom. The van der Waals surface area contributed by atoms with E-state index in [1.807, 2.05) is 25.1 Å². The van der Waals surface area contributed by atoms with Crippen LogP contribution in [0.25, 0.3) is 11.1 Å². The van der Waals surface area contributed by atoms with Crippen LogP contribution in [0.3, 0.4) is 0 Å². The van der Waals surface area contributed by atoms with E-state index in [0.29, 0.717) is 50.4 Å². The molecule has 49 heavy (non-hydrogen) atoms. The lowest BCUT2D eigenvalue weighted by Gasteiger charge is -2.26. The Bertz CT molecular complexity index is 1870. The maximum Gasteiger partial charge on any atom is 0.334 e. The van der Waals surface area contributed by atoms with Crippen LogP contribution in [0.1, 0.15) is 40.7 Å². The molecule has 13 nitrogen and oxygen atoms in total. The minimum absolute atomic E-state index is 0.0316. The zero-order valence-electron chi connectivity index (χ0n) is 27.0. The monoisotopic (exact) mass is 689 g/mol. The first-order valence-electron chi connectivity index (χ1n) is 16.0. The number of aliphatic hydroxyl groups is 1. The van der Waals surface area contributed by atoms with Crippen LogP contribution in [0.15, 0.2) is 89.8 Å². The number of aromatic nitrogens is 2. The number of hydrogen-bond donors (Lipinski definition) is 4. The van der Waals surface area contributed by atoms with E-state index in [1.165, 1.54) is 11.0 Å². The molecular weight excluding hydrogens is 650 g/mol. The number of benzene rings is 3. The van der Waals surface area contributed by atoms with Crippen molar-refractivity contribution < 1.29 is 37.8 Å². The normalized spacial score (nSPS) is 14.5. The quantitative estimate of drug-likeness (QED) is 0.164. The highest BCUT2D eigenvalue weighted by Gasteiger charge is 2.29. The lowest BCUT2D eigenvalue weighted by atomic mass is 10.0. The number of aryl methyl sites for hydroxylation is 1. The van der Waals surface area contributed by atoms with Crippen molar-refractivity contribution in [3.8, 4) is 11.1 Å². The van der Waals surface area contributed by atoms with Gasteiger partial charge in [0, 0.05) is 24.3 Å². The minimum atomic E-state index is -4.18. The molecule has 1 aliphatic rings. The molecule has 0 spiro atoms. The number of carbonyl (C=O) groups is 3. The summed E-state index contributed by atoms with van der Waals surface area (Å²) in [6, 6.07) is 22.5. The van der Waals surface area contributed by atoms with Gasteiger partial charge < -0.3 is 25.2 Å². The number of aliphatic hydroxyl groups excluding tert-OH is 1. The van der Waals surface area contributed by atoms with E-state index < -0.39 is 40.1 Å². The summed E-state index contributed by atoms with van der Waals surface area (Å²) in [6.07, 6.45) is -0.293. The maximum atomic E-state index is 13.3. The van der Waals surface area contributed by atoms with Crippen molar-refractivity contribution in [3.05, 3.63) is 107 Å². The van der Waals surface area contributed by atoms with Crippen molar-refractivity contribution in [2.75, 3.05) is 26.3 Å². The van der Waals surface area contributed by atoms with Gasteiger partial charge in [0.05, 0.1) is 30.7 Å². The number of ether oxygens (including phenoxy) is 1. The van der Waals surface area contributed by atoms with Gasteiger partial charge in [0.25, 0.3) is 15.9 Å². The zero-order valence-corrected chi connectivity index (χ0v) is 27.8. The van der Waals surface area contributed by atoms with Gasteiger partial charge in [0.1, 0.15) is 5.69 Å². The summed E-state index contributed by atoms with van der Waals surface area (Å²) in [6.45, 7) is 3.60. The molecule has 258 valence electrons. The van der Waals surface area contributed by atoms with Gasteiger partial charge in [-0.2, -0.15) is 5.10 Å². The van der Waals surface area contributed by atoms with E-state index >= 15 is 0 Å². The molecule has 2 atom stereocenters. The lowest BCUT2D eigenvalue weighted by Crippen LogP contribution is -2.48. The molecule has 4 aromatic rings. The number of sulfonamides is 1. The van der Waals surface area contributed by atoms with Crippen LogP contribution in [0.2, 0.25) is 0 Å². The zero-order chi connectivity index (χ0) is 35.0. The number of nitrogens with one attached hydrogen (secondary N) is 2. The summed E-state index contributed by atoms with van der Waals surface area (Å²) in [5.41, 5.74) is 3.53. The molecular formula is C35H39N5O8S. The number of urea groups is 1. The molecule has 4 N–H and O–H groups in total. The maximum absolute atomic E-state index is 13.3. The largest absolute Gasteiger partial charge is 0.479 e. The van der Waals surface area contributed by atoms with Gasteiger partial charge in [0.15, 0.2) is 6.10 Å². The fourth-order valence-corrected chi connectivity index (χ4v) is 6.79.